The molecule has 4 heterocycles. The first-order chi connectivity index (χ1) is 18.9. The van der Waals surface area contributed by atoms with E-state index in [0.29, 0.717) is 22.3 Å². The van der Waals surface area contributed by atoms with Crippen LogP contribution in [0.2, 0.25) is 0 Å². The second-order valence-electron chi connectivity index (χ2n) is 11.0. The molecule has 13 heteroatoms. The topological polar surface area (TPSA) is 163 Å². The molecule has 3 aromatic heterocycles. The summed E-state index contributed by atoms with van der Waals surface area (Å²) in [5.41, 5.74) is 6.96. The molecule has 208 valence electrons. The highest BCUT2D eigenvalue weighted by molar-refractivity contribution is 5.90. The molecule has 0 spiro atoms. The average molecular weight is 549 g/mol. The Morgan fingerprint density at radius 1 is 1.02 bits per heavy atom. The van der Waals surface area contributed by atoms with Gasteiger partial charge in [-0.2, -0.15) is 5.10 Å². The van der Waals surface area contributed by atoms with Gasteiger partial charge in [0, 0.05) is 11.8 Å². The smallest absolute Gasteiger partial charge is 0.263 e. The fourth-order valence-electron chi connectivity index (χ4n) is 5.46. The van der Waals surface area contributed by atoms with Crippen molar-refractivity contribution in [2.45, 2.75) is 32.9 Å². The van der Waals surface area contributed by atoms with Crippen LogP contribution in [0.1, 0.15) is 26.3 Å². The predicted octanol–water partition coefficient (Wildman–Crippen LogP) is 1.28. The summed E-state index contributed by atoms with van der Waals surface area (Å²) in [4.78, 5) is 37.9. The molecule has 1 aliphatic heterocycles. The van der Waals surface area contributed by atoms with Crippen LogP contribution in [0.4, 0.5) is 25.5 Å². The lowest BCUT2D eigenvalue weighted by atomic mass is 9.99. The Hall–Kier alpha value is -4.49. The van der Waals surface area contributed by atoms with Crippen molar-refractivity contribution in [3.63, 3.8) is 0 Å². The molecule has 1 saturated heterocycles. The Labute approximate surface area is 229 Å². The number of nitrogen functional groups attached to an aromatic ring is 1. The number of fused-ring (bicyclic) bond motifs is 1. The van der Waals surface area contributed by atoms with Crippen molar-refractivity contribution < 1.29 is 28.7 Å². The molecule has 40 heavy (non-hydrogen) atoms. The maximum atomic E-state index is 14.3. The van der Waals surface area contributed by atoms with Crippen LogP contribution in [-0.4, -0.2) is 73.1 Å². The minimum Gasteiger partial charge on any atom is -0.498 e. The fraction of sp³-hybridized carbons (Fsp3) is 0.333. The van der Waals surface area contributed by atoms with Gasteiger partial charge in [-0.05, 0) is 39.0 Å². The summed E-state index contributed by atoms with van der Waals surface area (Å²) in [5, 5.41) is 29.9. The van der Waals surface area contributed by atoms with Crippen LogP contribution in [0.25, 0.3) is 22.6 Å². The summed E-state index contributed by atoms with van der Waals surface area (Å²) in [5.74, 6) is -0.340. The molecule has 1 fully saturated rings. The van der Waals surface area contributed by atoms with E-state index in [0.717, 1.165) is 0 Å². The van der Waals surface area contributed by atoms with Crippen molar-refractivity contribution in [1.82, 2.24) is 29.2 Å². The Balaban J connectivity index is 1.53. The zero-order valence-electron chi connectivity index (χ0n) is 22.4. The number of halogens is 1. The maximum absolute atomic E-state index is 14.3. The standard InChI is InChI=1S/C27H29FN8O4/c1-27(2,3)36(26(39)40)13-11-35(12-14-36,25(37)38)20-15-31-23(32-22(20)29)21-18-8-6-10-30-24(18)34(33-21)16-17-7-4-5-9-19(17)28/h4-10,15H,11-14,16H2,1-3H3,(H2-2,29,31,32,37,38,39,40). The van der Waals surface area contributed by atoms with Gasteiger partial charge < -0.3 is 25.5 Å². The summed E-state index contributed by atoms with van der Waals surface area (Å²) in [6.45, 7) is 5.20. The highest BCUT2D eigenvalue weighted by Crippen LogP contribution is 2.36. The van der Waals surface area contributed by atoms with E-state index in [2.05, 4.69) is 20.1 Å². The van der Waals surface area contributed by atoms with Gasteiger partial charge in [0.05, 0.1) is 23.7 Å². The first-order valence-corrected chi connectivity index (χ1v) is 12.8. The molecule has 1 aliphatic rings. The molecule has 0 atom stereocenters. The Morgan fingerprint density at radius 2 is 1.73 bits per heavy atom. The van der Waals surface area contributed by atoms with E-state index >= 15 is 0 Å². The lowest BCUT2D eigenvalue weighted by Crippen LogP contribution is -2.78. The van der Waals surface area contributed by atoms with Gasteiger partial charge in [-0.25, -0.2) is 28.5 Å². The quantitative estimate of drug-likeness (QED) is 0.370. The summed E-state index contributed by atoms with van der Waals surface area (Å²) >= 11 is 0. The third-order valence-corrected chi connectivity index (χ3v) is 7.97. The third kappa shape index (κ3) is 4.23. The fourth-order valence-corrected chi connectivity index (χ4v) is 5.46. The predicted molar refractivity (Wildman–Crippen MR) is 141 cm³/mol. The van der Waals surface area contributed by atoms with Crippen LogP contribution >= 0.6 is 0 Å². The number of carbonyl (C=O) groups is 2. The molecule has 12 nitrogen and oxygen atoms in total. The largest absolute Gasteiger partial charge is 0.498 e. The average Bonchev–Trinajstić information content (AvgIpc) is 3.27. The number of aromatic nitrogens is 5. The molecular weight excluding hydrogens is 519 g/mol. The van der Waals surface area contributed by atoms with E-state index in [-0.39, 0.29) is 55.9 Å². The number of carbonyl (C=O) groups excluding carboxylic acids is 2. The number of piperazine rings is 1. The van der Waals surface area contributed by atoms with E-state index in [4.69, 9.17) is 5.73 Å². The van der Waals surface area contributed by atoms with Gasteiger partial charge in [0.25, 0.3) is 12.2 Å². The number of nitrogens with two attached hydrogens (primary N) is 1. The number of rotatable bonds is 4. The van der Waals surface area contributed by atoms with E-state index in [1.807, 2.05) is 0 Å². The molecule has 0 bridgehead atoms. The van der Waals surface area contributed by atoms with Crippen molar-refractivity contribution in [2.75, 3.05) is 31.9 Å². The van der Waals surface area contributed by atoms with Crippen LogP contribution in [0, 0.1) is 5.82 Å². The Morgan fingerprint density at radius 3 is 2.33 bits per heavy atom. The molecule has 2 amide bonds. The third-order valence-electron chi connectivity index (χ3n) is 7.97. The van der Waals surface area contributed by atoms with E-state index in [1.165, 1.54) is 12.3 Å². The number of hydrogen-bond donors (Lipinski definition) is 1. The molecule has 0 unspecified atom stereocenters. The number of nitrogens with zero attached hydrogens (tertiary/aromatic N) is 7. The monoisotopic (exact) mass is 548 g/mol. The number of carboxylic acid groups (broad SMARTS) is 2. The molecule has 0 saturated carbocycles. The summed E-state index contributed by atoms with van der Waals surface area (Å²) in [7, 11) is 0. The highest BCUT2D eigenvalue weighted by Gasteiger charge is 2.53. The number of anilines is 1. The van der Waals surface area contributed by atoms with E-state index in [1.54, 1.807) is 62.0 Å². The molecule has 0 aliphatic carbocycles. The van der Waals surface area contributed by atoms with Crippen molar-refractivity contribution in [1.29, 1.82) is 0 Å². The van der Waals surface area contributed by atoms with Gasteiger partial charge in [-0.15, -0.1) is 0 Å². The second kappa shape index (κ2) is 9.61. The number of hydrogen-bond acceptors (Lipinski definition) is 9. The molecule has 1 aromatic carbocycles. The molecule has 5 rings (SSSR count). The van der Waals surface area contributed by atoms with Crippen LogP contribution in [0.15, 0.2) is 48.8 Å². The van der Waals surface area contributed by atoms with Crippen LogP contribution in [-0.2, 0) is 6.54 Å². The Kier molecular flexibility index (Phi) is 6.51. The van der Waals surface area contributed by atoms with E-state index in [9.17, 15) is 24.2 Å². The number of amides is 2. The molecular formula is C27H29FN8O4. The minimum atomic E-state index is -1.43. The van der Waals surface area contributed by atoms with Crippen LogP contribution in [0.5, 0.6) is 0 Å². The molecule has 4 aromatic rings. The van der Waals surface area contributed by atoms with Gasteiger partial charge >= 0.3 is 0 Å². The lowest BCUT2D eigenvalue weighted by molar-refractivity contribution is -0.922. The van der Waals surface area contributed by atoms with Gasteiger partial charge in [0.15, 0.2) is 17.3 Å². The highest BCUT2D eigenvalue weighted by atomic mass is 19.1. The zero-order chi connectivity index (χ0) is 28.9. The summed E-state index contributed by atoms with van der Waals surface area (Å²) < 4.78 is 14.8. The van der Waals surface area contributed by atoms with Gasteiger partial charge in [0.1, 0.15) is 37.7 Å². The Bertz CT molecular complexity index is 1620. The summed E-state index contributed by atoms with van der Waals surface area (Å²) in [6, 6.07) is 9.86. The number of quaternary nitrogens is 2. The second-order valence-corrected chi connectivity index (χ2v) is 11.0. The molecule has 2 N–H and O–H groups in total. The zero-order valence-corrected chi connectivity index (χ0v) is 22.4. The maximum Gasteiger partial charge on any atom is 0.263 e. The number of benzene rings is 1. The number of pyridine rings is 1. The normalized spacial score (nSPS) is 21.4. The summed E-state index contributed by atoms with van der Waals surface area (Å²) in [6.07, 6.45) is 0.213. The van der Waals surface area contributed by atoms with E-state index < -0.39 is 26.7 Å². The van der Waals surface area contributed by atoms with Crippen LogP contribution in [0.3, 0.4) is 0 Å². The van der Waals surface area contributed by atoms with Gasteiger partial charge in [0.2, 0.25) is 5.69 Å². The first-order valence-electron chi connectivity index (χ1n) is 12.8. The van der Waals surface area contributed by atoms with Crippen molar-refractivity contribution in [3.05, 3.63) is 60.2 Å². The van der Waals surface area contributed by atoms with Crippen molar-refractivity contribution >= 4 is 34.7 Å². The molecule has 0 radical (unpaired) electrons. The lowest BCUT2D eigenvalue weighted by Gasteiger charge is -2.53. The van der Waals surface area contributed by atoms with Crippen molar-refractivity contribution in [3.8, 4) is 11.5 Å². The minimum absolute atomic E-state index is 0.0161. The van der Waals surface area contributed by atoms with Gasteiger partial charge in [-0.3, -0.25) is 4.48 Å². The van der Waals surface area contributed by atoms with Gasteiger partial charge in [-0.1, -0.05) is 18.2 Å². The van der Waals surface area contributed by atoms with Crippen LogP contribution < -0.4 is 20.4 Å². The first kappa shape index (κ1) is 27.1. The SMILES string of the molecule is CC(C)(C)[N+]1(C(=O)[O-])CC[N+](C(=O)[O-])(c2cnc(-c3nn(Cc4ccccc4F)c4ncccc34)nc2N)CC1. The van der Waals surface area contributed by atoms with Crippen molar-refractivity contribution in [2.24, 2.45) is 0 Å².